The van der Waals surface area contributed by atoms with Crippen LogP contribution in [0.25, 0.3) is 0 Å². The van der Waals surface area contributed by atoms with Gasteiger partial charge in [0.1, 0.15) is 0 Å². The van der Waals surface area contributed by atoms with E-state index in [0.717, 1.165) is 23.7 Å². The van der Waals surface area contributed by atoms with Crippen molar-refractivity contribution in [2.45, 2.75) is 78.6 Å². The van der Waals surface area contributed by atoms with E-state index in [-0.39, 0.29) is 0 Å². The van der Waals surface area contributed by atoms with Crippen molar-refractivity contribution in [3.05, 3.63) is 11.6 Å². The maximum Gasteiger partial charge on any atom is 0.00404 e. The highest BCUT2D eigenvalue weighted by molar-refractivity contribution is 5.38. The second-order valence-electron chi connectivity index (χ2n) is 8.12. The van der Waals surface area contributed by atoms with E-state index in [1.807, 2.05) is 0 Å². The quantitative estimate of drug-likeness (QED) is 0.548. The Labute approximate surface area is 120 Å². The van der Waals surface area contributed by atoms with Gasteiger partial charge in [-0.05, 0) is 62.2 Å². The highest BCUT2D eigenvalue weighted by atomic mass is 14.5. The van der Waals surface area contributed by atoms with Crippen LogP contribution in [0.2, 0.25) is 0 Å². The van der Waals surface area contributed by atoms with E-state index >= 15 is 0 Å². The van der Waals surface area contributed by atoms with Crippen LogP contribution in [-0.4, -0.2) is 0 Å². The van der Waals surface area contributed by atoms with E-state index in [1.54, 1.807) is 18.4 Å². The molecule has 0 nitrogen and oxygen atoms in total. The molecule has 3 rings (SSSR count). The molecule has 108 valence electrons. The first kappa shape index (κ1) is 13.7. The van der Waals surface area contributed by atoms with Gasteiger partial charge in [0.15, 0.2) is 0 Å². The summed E-state index contributed by atoms with van der Waals surface area (Å²) in [5.41, 5.74) is 2.29. The molecule has 2 fully saturated rings. The molecule has 0 aromatic carbocycles. The van der Waals surface area contributed by atoms with Gasteiger partial charge in [0.2, 0.25) is 0 Å². The van der Waals surface area contributed by atoms with Gasteiger partial charge in [0, 0.05) is 5.41 Å². The number of allylic oxidation sites excluding steroid dienone is 2. The van der Waals surface area contributed by atoms with Crippen molar-refractivity contribution < 1.29 is 0 Å². The Bertz CT molecular complexity index is 333. The zero-order valence-corrected chi connectivity index (χ0v) is 13.3. The van der Waals surface area contributed by atoms with Crippen molar-refractivity contribution in [2.75, 3.05) is 0 Å². The Kier molecular flexibility index (Phi) is 3.80. The number of hydrogen-bond acceptors (Lipinski definition) is 0. The maximum atomic E-state index is 2.52. The molecule has 0 amide bonds. The standard InChI is InChI=1S/C19H32/c1-4-14-5-7-15(8-6-14)16-9-11-17(12-10-16)18-13-19(18,2)3/h13-17H,4-12H2,1-3H3. The molecule has 3 aliphatic rings. The van der Waals surface area contributed by atoms with E-state index in [0.29, 0.717) is 5.41 Å². The van der Waals surface area contributed by atoms with Crippen LogP contribution >= 0.6 is 0 Å². The molecule has 2 saturated carbocycles. The zero-order valence-electron chi connectivity index (χ0n) is 13.3. The summed E-state index contributed by atoms with van der Waals surface area (Å²) < 4.78 is 0. The average molecular weight is 260 g/mol. The lowest BCUT2D eigenvalue weighted by Crippen LogP contribution is -2.26. The van der Waals surface area contributed by atoms with Gasteiger partial charge < -0.3 is 0 Å². The van der Waals surface area contributed by atoms with Crippen LogP contribution in [0.3, 0.4) is 0 Å². The van der Waals surface area contributed by atoms with Gasteiger partial charge in [-0.25, -0.2) is 0 Å². The molecule has 0 aromatic rings. The second kappa shape index (κ2) is 5.26. The Balaban J connectivity index is 1.45. The molecule has 0 unspecified atom stereocenters. The van der Waals surface area contributed by atoms with E-state index in [2.05, 4.69) is 26.8 Å². The normalized spacial score (nSPS) is 41.7. The fourth-order valence-electron chi connectivity index (χ4n) is 4.97. The third-order valence-electron chi connectivity index (χ3n) is 6.52. The first-order valence-electron chi connectivity index (χ1n) is 8.83. The molecule has 0 bridgehead atoms. The SMILES string of the molecule is CCC1CCC(C2CCC(C3=CC3(C)C)CC2)CC1. The molecule has 3 aliphatic carbocycles. The summed E-state index contributed by atoms with van der Waals surface area (Å²) in [6.07, 6.45) is 16.1. The largest absolute Gasteiger partial charge is 0.0745 e. The van der Waals surface area contributed by atoms with Gasteiger partial charge in [-0.15, -0.1) is 0 Å². The Hall–Kier alpha value is -0.260. The van der Waals surface area contributed by atoms with Crippen LogP contribution in [0.15, 0.2) is 11.6 Å². The monoisotopic (exact) mass is 260 g/mol. The van der Waals surface area contributed by atoms with E-state index in [9.17, 15) is 0 Å². The van der Waals surface area contributed by atoms with Crippen molar-refractivity contribution in [1.29, 1.82) is 0 Å². The molecule has 0 spiro atoms. The number of hydrogen-bond donors (Lipinski definition) is 0. The fraction of sp³-hybridized carbons (Fsp3) is 0.895. The highest BCUT2D eigenvalue weighted by Gasteiger charge is 2.41. The molecule has 19 heavy (non-hydrogen) atoms. The van der Waals surface area contributed by atoms with Crippen molar-refractivity contribution >= 4 is 0 Å². The molecule has 0 aromatic heterocycles. The summed E-state index contributed by atoms with van der Waals surface area (Å²) >= 11 is 0. The predicted molar refractivity (Wildman–Crippen MR) is 83.1 cm³/mol. The van der Waals surface area contributed by atoms with Gasteiger partial charge in [0.05, 0.1) is 0 Å². The molecule has 0 heteroatoms. The van der Waals surface area contributed by atoms with Gasteiger partial charge in [0.25, 0.3) is 0 Å². The molecular weight excluding hydrogens is 228 g/mol. The summed E-state index contributed by atoms with van der Waals surface area (Å²) in [5.74, 6) is 4.18. The van der Waals surface area contributed by atoms with Crippen molar-refractivity contribution in [1.82, 2.24) is 0 Å². The van der Waals surface area contributed by atoms with Gasteiger partial charge in [-0.3, -0.25) is 0 Å². The minimum atomic E-state index is 0.497. The minimum absolute atomic E-state index is 0.497. The second-order valence-corrected chi connectivity index (χ2v) is 8.12. The lowest BCUT2D eigenvalue weighted by Gasteiger charge is -2.37. The van der Waals surface area contributed by atoms with Crippen LogP contribution in [0, 0.1) is 29.1 Å². The van der Waals surface area contributed by atoms with Crippen molar-refractivity contribution in [3.8, 4) is 0 Å². The molecule has 0 atom stereocenters. The third kappa shape index (κ3) is 2.93. The van der Waals surface area contributed by atoms with Crippen LogP contribution in [-0.2, 0) is 0 Å². The van der Waals surface area contributed by atoms with Gasteiger partial charge in [-0.2, -0.15) is 0 Å². The first-order chi connectivity index (χ1) is 9.10. The van der Waals surface area contributed by atoms with Crippen molar-refractivity contribution in [3.63, 3.8) is 0 Å². The third-order valence-corrected chi connectivity index (χ3v) is 6.52. The van der Waals surface area contributed by atoms with Crippen LogP contribution < -0.4 is 0 Å². The predicted octanol–water partition coefficient (Wildman–Crippen LogP) is 5.98. The summed E-state index contributed by atoms with van der Waals surface area (Å²) in [4.78, 5) is 0. The Morgan fingerprint density at radius 2 is 1.37 bits per heavy atom. The first-order valence-corrected chi connectivity index (χ1v) is 8.83. The summed E-state index contributed by atoms with van der Waals surface area (Å²) in [6.45, 7) is 7.15. The van der Waals surface area contributed by atoms with Crippen LogP contribution in [0.4, 0.5) is 0 Å². The lowest BCUT2D eigenvalue weighted by molar-refractivity contribution is 0.151. The number of rotatable bonds is 3. The topological polar surface area (TPSA) is 0 Å². The van der Waals surface area contributed by atoms with E-state index in [4.69, 9.17) is 0 Å². The zero-order chi connectivity index (χ0) is 13.5. The summed E-state index contributed by atoms with van der Waals surface area (Å²) in [5, 5.41) is 0. The molecule has 0 aliphatic heterocycles. The molecular formula is C19H32. The van der Waals surface area contributed by atoms with Gasteiger partial charge >= 0.3 is 0 Å². The van der Waals surface area contributed by atoms with Crippen LogP contribution in [0.1, 0.15) is 78.6 Å². The highest BCUT2D eigenvalue weighted by Crippen LogP contribution is 2.53. The van der Waals surface area contributed by atoms with Crippen LogP contribution in [0.5, 0.6) is 0 Å². The molecule has 0 N–H and O–H groups in total. The lowest BCUT2D eigenvalue weighted by atomic mass is 9.68. The summed E-state index contributed by atoms with van der Waals surface area (Å²) in [6, 6.07) is 0. The minimum Gasteiger partial charge on any atom is -0.0745 e. The summed E-state index contributed by atoms with van der Waals surface area (Å²) in [7, 11) is 0. The molecule has 0 saturated heterocycles. The van der Waals surface area contributed by atoms with Gasteiger partial charge in [-0.1, -0.05) is 51.7 Å². The Morgan fingerprint density at radius 3 is 1.79 bits per heavy atom. The maximum absolute atomic E-state index is 2.52. The molecule has 0 heterocycles. The van der Waals surface area contributed by atoms with E-state index in [1.165, 1.54) is 44.9 Å². The van der Waals surface area contributed by atoms with E-state index < -0.39 is 0 Å². The Morgan fingerprint density at radius 1 is 0.895 bits per heavy atom. The molecule has 0 radical (unpaired) electrons. The van der Waals surface area contributed by atoms with Crippen molar-refractivity contribution in [2.24, 2.45) is 29.1 Å². The smallest absolute Gasteiger partial charge is 0.00404 e. The fourth-order valence-corrected chi connectivity index (χ4v) is 4.97. The average Bonchev–Trinajstić information content (AvgIpc) is 3.08.